The minimum absolute atomic E-state index is 1.03. The molecule has 0 spiro atoms. The van der Waals surface area contributed by atoms with Crippen LogP contribution in [0.3, 0.4) is 0 Å². The third-order valence-electron chi connectivity index (χ3n) is 4.03. The first-order valence-corrected chi connectivity index (χ1v) is 6.27. The van der Waals surface area contributed by atoms with Crippen LogP contribution < -0.4 is 0 Å². The molecule has 2 saturated carbocycles. The van der Waals surface area contributed by atoms with Crippen molar-refractivity contribution in [3.63, 3.8) is 0 Å². The Hall–Kier alpha value is 0. The van der Waals surface area contributed by atoms with Gasteiger partial charge in [-0.05, 0) is 42.9 Å². The molecule has 0 aromatic rings. The fourth-order valence-electron chi connectivity index (χ4n) is 3.29. The molecule has 4 atom stereocenters. The van der Waals surface area contributed by atoms with E-state index in [2.05, 4.69) is 13.8 Å². The monoisotopic (exact) mass is 182 g/mol. The first kappa shape index (κ1) is 11.1. The second-order valence-electron chi connectivity index (χ2n) is 4.90. The SMILES string of the molecule is CC.CC1CCC2C(C)CCC2C1. The molecule has 0 radical (unpaired) electrons. The summed E-state index contributed by atoms with van der Waals surface area (Å²) < 4.78 is 0. The minimum atomic E-state index is 1.03. The van der Waals surface area contributed by atoms with Gasteiger partial charge < -0.3 is 0 Å². The summed E-state index contributed by atoms with van der Waals surface area (Å²) in [5.41, 5.74) is 0. The molecule has 0 aliphatic heterocycles. The lowest BCUT2D eigenvalue weighted by Gasteiger charge is -2.31. The molecule has 0 heterocycles. The molecule has 0 amide bonds. The van der Waals surface area contributed by atoms with Gasteiger partial charge in [0.2, 0.25) is 0 Å². The Balaban J connectivity index is 0.000000396. The van der Waals surface area contributed by atoms with Gasteiger partial charge in [-0.15, -0.1) is 0 Å². The maximum atomic E-state index is 2.46. The standard InChI is InChI=1S/C11H20.C2H6/c1-8-3-6-11-9(2)4-5-10(11)7-8;1-2/h8-11H,3-7H2,1-2H3;1-2H3. The molecular formula is C13H26. The molecule has 2 rings (SSSR count). The van der Waals surface area contributed by atoms with Gasteiger partial charge in [-0.1, -0.05) is 40.5 Å². The van der Waals surface area contributed by atoms with Crippen LogP contribution >= 0.6 is 0 Å². The second kappa shape index (κ2) is 5.02. The summed E-state index contributed by atoms with van der Waals surface area (Å²) in [6.45, 7) is 8.89. The fraction of sp³-hybridized carbons (Fsp3) is 1.00. The van der Waals surface area contributed by atoms with E-state index in [9.17, 15) is 0 Å². The highest BCUT2D eigenvalue weighted by atomic mass is 14.4. The largest absolute Gasteiger partial charge is 0.0683 e. The van der Waals surface area contributed by atoms with E-state index in [1.165, 1.54) is 32.1 Å². The zero-order chi connectivity index (χ0) is 9.84. The third-order valence-corrected chi connectivity index (χ3v) is 4.03. The van der Waals surface area contributed by atoms with Crippen molar-refractivity contribution in [3.8, 4) is 0 Å². The van der Waals surface area contributed by atoms with Crippen LogP contribution in [0.2, 0.25) is 0 Å². The molecule has 2 aliphatic rings. The molecule has 0 bridgehead atoms. The molecule has 2 aliphatic carbocycles. The molecule has 0 nitrogen and oxygen atoms in total. The Kier molecular flexibility index (Phi) is 4.28. The van der Waals surface area contributed by atoms with Crippen molar-refractivity contribution in [3.05, 3.63) is 0 Å². The summed E-state index contributed by atoms with van der Waals surface area (Å²) in [5, 5.41) is 0. The van der Waals surface area contributed by atoms with Crippen LogP contribution in [0, 0.1) is 23.7 Å². The van der Waals surface area contributed by atoms with Gasteiger partial charge >= 0.3 is 0 Å². The number of fused-ring (bicyclic) bond motifs is 1. The van der Waals surface area contributed by atoms with Gasteiger partial charge in [-0.3, -0.25) is 0 Å². The maximum Gasteiger partial charge on any atom is -0.0360 e. The van der Waals surface area contributed by atoms with Gasteiger partial charge in [-0.2, -0.15) is 0 Å². The molecule has 78 valence electrons. The summed E-state index contributed by atoms with van der Waals surface area (Å²) in [6, 6.07) is 0. The van der Waals surface area contributed by atoms with E-state index in [1.807, 2.05) is 13.8 Å². The summed E-state index contributed by atoms with van der Waals surface area (Å²) in [4.78, 5) is 0. The van der Waals surface area contributed by atoms with Crippen LogP contribution in [0.25, 0.3) is 0 Å². The highest BCUT2D eigenvalue weighted by Crippen LogP contribution is 2.47. The van der Waals surface area contributed by atoms with Gasteiger partial charge in [-0.25, -0.2) is 0 Å². The maximum absolute atomic E-state index is 2.46. The van der Waals surface area contributed by atoms with Crippen molar-refractivity contribution in [1.82, 2.24) is 0 Å². The zero-order valence-corrected chi connectivity index (χ0v) is 9.84. The molecule has 0 N–H and O–H groups in total. The van der Waals surface area contributed by atoms with Crippen LogP contribution in [0.15, 0.2) is 0 Å². The molecule has 13 heavy (non-hydrogen) atoms. The summed E-state index contributed by atoms with van der Waals surface area (Å²) >= 11 is 0. The summed E-state index contributed by atoms with van der Waals surface area (Å²) in [6.07, 6.45) is 7.63. The van der Waals surface area contributed by atoms with E-state index in [0.29, 0.717) is 0 Å². The number of hydrogen-bond acceptors (Lipinski definition) is 0. The molecule has 2 fully saturated rings. The van der Waals surface area contributed by atoms with Crippen LogP contribution in [0.4, 0.5) is 0 Å². The van der Waals surface area contributed by atoms with Gasteiger partial charge in [0, 0.05) is 0 Å². The lowest BCUT2D eigenvalue weighted by molar-refractivity contribution is 0.192. The van der Waals surface area contributed by atoms with E-state index < -0.39 is 0 Å². The predicted molar refractivity (Wildman–Crippen MR) is 59.7 cm³/mol. The topological polar surface area (TPSA) is 0 Å². The normalized spacial score (nSPS) is 43.4. The van der Waals surface area contributed by atoms with Crippen molar-refractivity contribution in [2.24, 2.45) is 23.7 Å². The Morgan fingerprint density at radius 1 is 0.846 bits per heavy atom. The van der Waals surface area contributed by atoms with E-state index in [0.717, 1.165) is 23.7 Å². The lowest BCUT2D eigenvalue weighted by Crippen LogP contribution is -2.21. The minimum Gasteiger partial charge on any atom is -0.0683 e. The molecule has 4 unspecified atom stereocenters. The predicted octanol–water partition coefficient (Wildman–Crippen LogP) is 4.49. The highest BCUT2D eigenvalue weighted by Gasteiger charge is 2.36. The van der Waals surface area contributed by atoms with Gasteiger partial charge in [0.15, 0.2) is 0 Å². The van der Waals surface area contributed by atoms with Crippen molar-refractivity contribution < 1.29 is 0 Å². The van der Waals surface area contributed by atoms with Crippen molar-refractivity contribution >= 4 is 0 Å². The van der Waals surface area contributed by atoms with E-state index >= 15 is 0 Å². The second-order valence-corrected chi connectivity index (χ2v) is 4.90. The molecular weight excluding hydrogens is 156 g/mol. The lowest BCUT2D eigenvalue weighted by atomic mass is 9.74. The van der Waals surface area contributed by atoms with E-state index in [-0.39, 0.29) is 0 Å². The van der Waals surface area contributed by atoms with Crippen LogP contribution in [0.5, 0.6) is 0 Å². The molecule has 0 aromatic heterocycles. The quantitative estimate of drug-likeness (QED) is 0.517. The summed E-state index contributed by atoms with van der Waals surface area (Å²) in [7, 11) is 0. The molecule has 0 heteroatoms. The first-order chi connectivity index (χ1) is 6.27. The van der Waals surface area contributed by atoms with E-state index in [4.69, 9.17) is 0 Å². The highest BCUT2D eigenvalue weighted by molar-refractivity contribution is 4.87. The Morgan fingerprint density at radius 2 is 1.54 bits per heavy atom. The fourth-order valence-corrected chi connectivity index (χ4v) is 3.29. The van der Waals surface area contributed by atoms with Crippen LogP contribution in [-0.2, 0) is 0 Å². The third kappa shape index (κ3) is 2.48. The Labute approximate surface area is 84.1 Å². The van der Waals surface area contributed by atoms with Crippen molar-refractivity contribution in [1.29, 1.82) is 0 Å². The van der Waals surface area contributed by atoms with Gasteiger partial charge in [0.1, 0.15) is 0 Å². The van der Waals surface area contributed by atoms with Crippen LogP contribution in [0.1, 0.15) is 59.8 Å². The van der Waals surface area contributed by atoms with Crippen molar-refractivity contribution in [2.75, 3.05) is 0 Å². The van der Waals surface area contributed by atoms with E-state index in [1.54, 1.807) is 0 Å². The zero-order valence-electron chi connectivity index (χ0n) is 9.84. The average Bonchev–Trinajstić information content (AvgIpc) is 2.51. The smallest absolute Gasteiger partial charge is 0.0360 e. The summed E-state index contributed by atoms with van der Waals surface area (Å²) in [5.74, 6) is 4.31. The number of hydrogen-bond donors (Lipinski definition) is 0. The Morgan fingerprint density at radius 3 is 2.23 bits per heavy atom. The Bertz CT molecular complexity index is 139. The number of rotatable bonds is 0. The van der Waals surface area contributed by atoms with Gasteiger partial charge in [0.25, 0.3) is 0 Å². The molecule has 0 aromatic carbocycles. The van der Waals surface area contributed by atoms with Crippen LogP contribution in [-0.4, -0.2) is 0 Å². The molecule has 0 saturated heterocycles. The average molecular weight is 182 g/mol. The first-order valence-electron chi connectivity index (χ1n) is 6.27. The van der Waals surface area contributed by atoms with Gasteiger partial charge in [0.05, 0.1) is 0 Å². The van der Waals surface area contributed by atoms with Crippen molar-refractivity contribution in [2.45, 2.75) is 59.8 Å².